The Balaban J connectivity index is 1.45. The van der Waals surface area contributed by atoms with E-state index in [0.29, 0.717) is 23.4 Å². The van der Waals surface area contributed by atoms with Gasteiger partial charge in [0.15, 0.2) is 0 Å². The molecule has 0 saturated carbocycles. The molecule has 32 heavy (non-hydrogen) atoms. The maximum absolute atomic E-state index is 11.4. The summed E-state index contributed by atoms with van der Waals surface area (Å²) in [4.78, 5) is 16.0. The van der Waals surface area contributed by atoms with Gasteiger partial charge >= 0.3 is 5.97 Å². The van der Waals surface area contributed by atoms with Crippen LogP contribution >= 0.6 is 11.6 Å². The van der Waals surface area contributed by atoms with E-state index in [-0.39, 0.29) is 5.56 Å². The third-order valence-corrected chi connectivity index (χ3v) is 5.57. The number of hydrogen-bond donors (Lipinski definition) is 2. The Morgan fingerprint density at radius 3 is 2.62 bits per heavy atom. The molecule has 0 saturated heterocycles. The minimum absolute atomic E-state index is 0.140. The molecule has 0 aliphatic rings. The molecular weight excluding hydrogens is 422 g/mol. The van der Waals surface area contributed by atoms with Crippen molar-refractivity contribution in [1.82, 2.24) is 4.98 Å². The van der Waals surface area contributed by atoms with E-state index in [0.717, 1.165) is 27.7 Å². The number of hydrogen-bond acceptors (Lipinski definition) is 3. The number of fused-ring (bicyclic) bond motifs is 1. The minimum atomic E-state index is -1.03. The summed E-state index contributed by atoms with van der Waals surface area (Å²) in [6, 6.07) is 24.3. The van der Waals surface area contributed by atoms with Crippen LogP contribution in [0.25, 0.3) is 23.1 Å². The van der Waals surface area contributed by atoms with Gasteiger partial charge in [0.1, 0.15) is 0 Å². The molecule has 0 amide bonds. The summed E-state index contributed by atoms with van der Waals surface area (Å²) in [5.74, 6) is -1.03. The van der Waals surface area contributed by atoms with Crippen LogP contribution < -0.4 is 0 Å². The van der Waals surface area contributed by atoms with Crippen LogP contribution in [-0.2, 0) is 6.42 Å². The molecule has 0 aliphatic carbocycles. The zero-order valence-electron chi connectivity index (χ0n) is 17.3. The van der Waals surface area contributed by atoms with Crippen molar-refractivity contribution in [2.75, 3.05) is 0 Å². The molecule has 4 nitrogen and oxygen atoms in total. The molecule has 4 aromatic rings. The first-order chi connectivity index (χ1) is 15.5. The van der Waals surface area contributed by atoms with Gasteiger partial charge in [-0.15, -0.1) is 0 Å². The van der Waals surface area contributed by atoms with E-state index in [2.05, 4.69) is 11.1 Å². The lowest BCUT2D eigenvalue weighted by molar-refractivity contribution is 0.0688. The Bertz CT molecular complexity index is 1300. The van der Waals surface area contributed by atoms with Crippen LogP contribution in [0.1, 0.15) is 45.3 Å². The first-order valence-corrected chi connectivity index (χ1v) is 10.7. The van der Waals surface area contributed by atoms with Crippen molar-refractivity contribution in [3.8, 4) is 0 Å². The van der Waals surface area contributed by atoms with Gasteiger partial charge in [-0.1, -0.05) is 72.3 Å². The molecule has 1 aromatic heterocycles. The van der Waals surface area contributed by atoms with Crippen LogP contribution in [0.3, 0.4) is 0 Å². The zero-order chi connectivity index (χ0) is 22.5. The molecule has 0 unspecified atom stereocenters. The van der Waals surface area contributed by atoms with Crippen molar-refractivity contribution < 1.29 is 15.0 Å². The summed E-state index contributed by atoms with van der Waals surface area (Å²) in [5.41, 5.74) is 4.36. The second-order valence-corrected chi connectivity index (χ2v) is 8.03. The van der Waals surface area contributed by atoms with Crippen molar-refractivity contribution in [2.24, 2.45) is 0 Å². The largest absolute Gasteiger partial charge is 0.478 e. The molecule has 0 spiro atoms. The first kappa shape index (κ1) is 21.8. The van der Waals surface area contributed by atoms with E-state index in [9.17, 15) is 15.0 Å². The summed E-state index contributed by atoms with van der Waals surface area (Å²) < 4.78 is 0. The van der Waals surface area contributed by atoms with E-state index in [1.54, 1.807) is 18.2 Å². The predicted molar refractivity (Wildman–Crippen MR) is 129 cm³/mol. The van der Waals surface area contributed by atoms with Crippen LogP contribution in [0.4, 0.5) is 0 Å². The van der Waals surface area contributed by atoms with Crippen molar-refractivity contribution >= 4 is 40.6 Å². The number of aliphatic hydroxyl groups is 1. The number of aryl methyl sites for hydroxylation is 1. The molecule has 2 N–H and O–H groups in total. The lowest BCUT2D eigenvalue weighted by atomic mass is 9.96. The molecule has 0 fully saturated rings. The number of carboxylic acids is 1. The second kappa shape index (κ2) is 9.77. The van der Waals surface area contributed by atoms with E-state index in [1.165, 1.54) is 6.07 Å². The average Bonchev–Trinajstić information content (AvgIpc) is 2.81. The normalized spacial score (nSPS) is 12.3. The third kappa shape index (κ3) is 5.22. The van der Waals surface area contributed by atoms with Gasteiger partial charge in [0.25, 0.3) is 0 Å². The number of rotatable bonds is 7. The van der Waals surface area contributed by atoms with Crippen LogP contribution in [0.15, 0.2) is 78.9 Å². The molecule has 5 heteroatoms. The van der Waals surface area contributed by atoms with Gasteiger partial charge in [0.2, 0.25) is 0 Å². The zero-order valence-corrected chi connectivity index (χ0v) is 18.0. The lowest BCUT2D eigenvalue weighted by Crippen LogP contribution is -2.08. The highest BCUT2D eigenvalue weighted by atomic mass is 35.5. The number of carbonyl (C=O) groups is 1. The number of carboxylic acid groups (broad SMARTS) is 1. The van der Waals surface area contributed by atoms with Gasteiger partial charge in [0, 0.05) is 10.4 Å². The van der Waals surface area contributed by atoms with E-state index in [4.69, 9.17) is 11.6 Å². The molecule has 0 bridgehead atoms. The summed E-state index contributed by atoms with van der Waals surface area (Å²) in [6.45, 7) is 0. The average molecular weight is 444 g/mol. The molecule has 4 rings (SSSR count). The molecule has 1 heterocycles. The number of aromatic carboxylic acids is 1. The number of aliphatic hydroxyl groups excluding tert-OH is 1. The first-order valence-electron chi connectivity index (χ1n) is 10.3. The van der Waals surface area contributed by atoms with Crippen molar-refractivity contribution in [1.29, 1.82) is 0 Å². The smallest absolute Gasteiger partial charge is 0.336 e. The number of aromatic nitrogens is 1. The Morgan fingerprint density at radius 2 is 1.78 bits per heavy atom. The van der Waals surface area contributed by atoms with Gasteiger partial charge in [-0.25, -0.2) is 9.78 Å². The van der Waals surface area contributed by atoms with Crippen molar-refractivity contribution in [3.63, 3.8) is 0 Å². The topological polar surface area (TPSA) is 70.4 Å². The SMILES string of the molecule is O=C(O)c1ccccc1[C@@H](O)CCc1cccc(/C=C/c2ccc3ccc(Cl)cc3n2)c1. The highest BCUT2D eigenvalue weighted by Crippen LogP contribution is 2.24. The number of halogens is 1. The van der Waals surface area contributed by atoms with E-state index in [1.807, 2.05) is 60.7 Å². The van der Waals surface area contributed by atoms with Crippen LogP contribution in [-0.4, -0.2) is 21.2 Å². The highest BCUT2D eigenvalue weighted by Gasteiger charge is 2.16. The van der Waals surface area contributed by atoms with Crippen LogP contribution in [0.5, 0.6) is 0 Å². The second-order valence-electron chi connectivity index (χ2n) is 7.60. The number of pyridine rings is 1. The van der Waals surface area contributed by atoms with Gasteiger partial charge in [0.05, 0.1) is 22.9 Å². The maximum atomic E-state index is 11.4. The number of nitrogens with zero attached hydrogens (tertiary/aromatic N) is 1. The van der Waals surface area contributed by atoms with Crippen molar-refractivity contribution in [2.45, 2.75) is 18.9 Å². The summed E-state index contributed by atoms with van der Waals surface area (Å²) >= 11 is 6.07. The Labute approximate surface area is 191 Å². The maximum Gasteiger partial charge on any atom is 0.336 e. The highest BCUT2D eigenvalue weighted by molar-refractivity contribution is 6.31. The van der Waals surface area contributed by atoms with E-state index < -0.39 is 12.1 Å². The summed E-state index contributed by atoms with van der Waals surface area (Å²) in [7, 11) is 0. The number of benzene rings is 3. The lowest BCUT2D eigenvalue weighted by Gasteiger charge is -2.13. The Morgan fingerprint density at radius 1 is 0.969 bits per heavy atom. The van der Waals surface area contributed by atoms with Gasteiger partial charge < -0.3 is 10.2 Å². The Kier molecular flexibility index (Phi) is 6.64. The molecule has 3 aromatic carbocycles. The predicted octanol–water partition coefficient (Wildman–Crippen LogP) is 6.42. The van der Waals surface area contributed by atoms with Crippen molar-refractivity contribution in [3.05, 3.63) is 112 Å². The fraction of sp³-hybridized carbons (Fsp3) is 0.111. The van der Waals surface area contributed by atoms with Crippen LogP contribution in [0.2, 0.25) is 5.02 Å². The fourth-order valence-corrected chi connectivity index (χ4v) is 3.84. The minimum Gasteiger partial charge on any atom is -0.478 e. The standard InChI is InChI=1S/C27H22ClNO3/c28-21-12-10-20-11-14-22(29-25(20)17-21)13-8-18-4-3-5-19(16-18)9-15-26(30)23-6-1-2-7-24(23)27(31)32/h1-8,10-14,16-17,26,30H,9,15H2,(H,31,32)/b13-8+/t26-/m0/s1. The molecule has 0 radical (unpaired) electrons. The summed E-state index contributed by atoms with van der Waals surface area (Å²) in [6.07, 6.45) is 4.18. The van der Waals surface area contributed by atoms with Gasteiger partial charge in [-0.3, -0.25) is 0 Å². The van der Waals surface area contributed by atoms with Crippen LogP contribution in [0, 0.1) is 0 Å². The molecular formula is C27H22ClNO3. The van der Waals surface area contributed by atoms with E-state index >= 15 is 0 Å². The third-order valence-electron chi connectivity index (χ3n) is 5.33. The van der Waals surface area contributed by atoms with Gasteiger partial charge in [-0.05, 0) is 59.9 Å². The van der Waals surface area contributed by atoms with Gasteiger partial charge in [-0.2, -0.15) is 0 Å². The monoisotopic (exact) mass is 443 g/mol. The molecule has 1 atom stereocenters. The molecule has 160 valence electrons. The Hall–Kier alpha value is -3.47. The summed E-state index contributed by atoms with van der Waals surface area (Å²) in [5, 5.41) is 21.6. The quantitative estimate of drug-likeness (QED) is 0.345. The fourth-order valence-electron chi connectivity index (χ4n) is 3.67. The molecule has 0 aliphatic heterocycles.